The largest absolute Gasteiger partial charge is 0.478 e. The van der Waals surface area contributed by atoms with Crippen LogP contribution in [0.4, 0.5) is 0 Å². The number of carboxylic acids is 2. The van der Waals surface area contributed by atoms with E-state index in [-0.39, 0.29) is 17.6 Å². The molecular weight excluding hydrogens is 160 g/mol. The average molecular weight is 170 g/mol. The van der Waals surface area contributed by atoms with Crippen LogP contribution in [-0.4, -0.2) is 22.2 Å². The van der Waals surface area contributed by atoms with Crippen molar-refractivity contribution in [3.8, 4) is 0 Å². The average Bonchev–Trinajstić information content (AvgIpc) is 1.98. The molecule has 0 atom stereocenters. The van der Waals surface area contributed by atoms with Crippen LogP contribution < -0.4 is 0 Å². The SMILES string of the molecule is C=C(C=C(CC)C(=O)O)C(=O)O. The van der Waals surface area contributed by atoms with E-state index < -0.39 is 11.9 Å². The van der Waals surface area contributed by atoms with Crippen molar-refractivity contribution in [2.75, 3.05) is 0 Å². The first-order chi connectivity index (χ1) is 5.49. The lowest BCUT2D eigenvalue weighted by Gasteiger charge is -1.96. The number of aliphatic carboxylic acids is 2. The van der Waals surface area contributed by atoms with Gasteiger partial charge < -0.3 is 10.2 Å². The summed E-state index contributed by atoms with van der Waals surface area (Å²) >= 11 is 0. The zero-order valence-corrected chi connectivity index (χ0v) is 6.70. The van der Waals surface area contributed by atoms with Crippen molar-refractivity contribution in [3.05, 3.63) is 23.8 Å². The molecule has 0 heterocycles. The summed E-state index contributed by atoms with van der Waals surface area (Å²) in [6.07, 6.45) is 1.34. The Morgan fingerprint density at radius 1 is 1.33 bits per heavy atom. The molecule has 0 bridgehead atoms. The molecule has 12 heavy (non-hydrogen) atoms. The smallest absolute Gasteiger partial charge is 0.335 e. The third-order valence-electron chi connectivity index (χ3n) is 1.28. The van der Waals surface area contributed by atoms with E-state index >= 15 is 0 Å². The van der Waals surface area contributed by atoms with E-state index in [1.807, 2.05) is 0 Å². The maximum Gasteiger partial charge on any atom is 0.335 e. The minimum Gasteiger partial charge on any atom is -0.478 e. The molecule has 0 aromatic heterocycles. The highest BCUT2D eigenvalue weighted by atomic mass is 16.4. The summed E-state index contributed by atoms with van der Waals surface area (Å²) in [5, 5.41) is 16.9. The molecule has 0 aromatic carbocycles. The molecule has 0 amide bonds. The Morgan fingerprint density at radius 2 is 1.83 bits per heavy atom. The van der Waals surface area contributed by atoms with E-state index in [9.17, 15) is 9.59 Å². The standard InChI is InChI=1S/C8H10O4/c1-3-6(8(11)12)4-5(2)7(9)10/h4H,2-3H2,1H3,(H,9,10)(H,11,12). The van der Waals surface area contributed by atoms with E-state index in [0.29, 0.717) is 0 Å². The molecule has 0 radical (unpaired) electrons. The van der Waals surface area contributed by atoms with Crippen LogP contribution in [0.2, 0.25) is 0 Å². The van der Waals surface area contributed by atoms with Crippen LogP contribution in [-0.2, 0) is 9.59 Å². The summed E-state index contributed by atoms with van der Waals surface area (Å²) in [7, 11) is 0. The van der Waals surface area contributed by atoms with Crippen molar-refractivity contribution in [1.82, 2.24) is 0 Å². The van der Waals surface area contributed by atoms with E-state index in [4.69, 9.17) is 10.2 Å². The molecule has 0 aromatic rings. The monoisotopic (exact) mass is 170 g/mol. The van der Waals surface area contributed by atoms with Gasteiger partial charge in [0.2, 0.25) is 0 Å². The highest BCUT2D eigenvalue weighted by molar-refractivity contribution is 5.94. The van der Waals surface area contributed by atoms with Crippen LogP contribution in [0.25, 0.3) is 0 Å². The first-order valence-corrected chi connectivity index (χ1v) is 3.35. The Labute approximate surface area is 69.8 Å². The molecular formula is C8H10O4. The van der Waals surface area contributed by atoms with Crippen LogP contribution in [0, 0.1) is 0 Å². The molecule has 0 spiro atoms. The van der Waals surface area contributed by atoms with Gasteiger partial charge in [0.25, 0.3) is 0 Å². The van der Waals surface area contributed by atoms with Crippen LogP contribution >= 0.6 is 0 Å². The van der Waals surface area contributed by atoms with Crippen molar-refractivity contribution >= 4 is 11.9 Å². The second-order valence-electron chi connectivity index (χ2n) is 2.16. The fourth-order valence-corrected chi connectivity index (χ4v) is 0.587. The molecule has 0 rings (SSSR count). The van der Waals surface area contributed by atoms with E-state index in [1.54, 1.807) is 6.92 Å². The first kappa shape index (κ1) is 10.4. The van der Waals surface area contributed by atoms with Gasteiger partial charge in [0, 0.05) is 5.57 Å². The van der Waals surface area contributed by atoms with Gasteiger partial charge in [-0.05, 0) is 12.5 Å². The lowest BCUT2D eigenvalue weighted by atomic mass is 10.1. The number of carboxylic acid groups (broad SMARTS) is 2. The molecule has 4 nitrogen and oxygen atoms in total. The second kappa shape index (κ2) is 4.33. The topological polar surface area (TPSA) is 74.6 Å². The first-order valence-electron chi connectivity index (χ1n) is 3.35. The molecule has 0 aliphatic heterocycles. The van der Waals surface area contributed by atoms with Gasteiger partial charge in [-0.1, -0.05) is 13.5 Å². The van der Waals surface area contributed by atoms with E-state index in [2.05, 4.69) is 6.58 Å². The van der Waals surface area contributed by atoms with Crippen LogP contribution in [0.1, 0.15) is 13.3 Å². The number of hydrogen-bond donors (Lipinski definition) is 2. The summed E-state index contributed by atoms with van der Waals surface area (Å²) in [4.78, 5) is 20.6. The van der Waals surface area contributed by atoms with Gasteiger partial charge in [-0.15, -0.1) is 0 Å². The van der Waals surface area contributed by atoms with Gasteiger partial charge in [-0.3, -0.25) is 0 Å². The molecule has 4 heteroatoms. The zero-order chi connectivity index (χ0) is 9.72. The minimum absolute atomic E-state index is 0.0439. The van der Waals surface area contributed by atoms with Gasteiger partial charge in [0.1, 0.15) is 0 Å². The fraction of sp³-hybridized carbons (Fsp3) is 0.250. The predicted octanol–water partition coefficient (Wildman–Crippen LogP) is 1.05. The summed E-state index contributed by atoms with van der Waals surface area (Å²) in [6, 6.07) is 0. The van der Waals surface area contributed by atoms with Gasteiger partial charge in [0.15, 0.2) is 0 Å². The van der Waals surface area contributed by atoms with Crippen molar-refractivity contribution in [2.24, 2.45) is 0 Å². The van der Waals surface area contributed by atoms with Crippen molar-refractivity contribution in [2.45, 2.75) is 13.3 Å². The zero-order valence-electron chi connectivity index (χ0n) is 6.70. The van der Waals surface area contributed by atoms with Crippen molar-refractivity contribution in [3.63, 3.8) is 0 Å². The van der Waals surface area contributed by atoms with Crippen LogP contribution in [0.15, 0.2) is 23.8 Å². The van der Waals surface area contributed by atoms with Crippen molar-refractivity contribution in [1.29, 1.82) is 0 Å². The molecule has 0 unspecified atom stereocenters. The summed E-state index contributed by atoms with van der Waals surface area (Å²) < 4.78 is 0. The number of hydrogen-bond acceptors (Lipinski definition) is 2. The lowest BCUT2D eigenvalue weighted by Crippen LogP contribution is -2.03. The normalized spacial score (nSPS) is 10.9. The molecule has 0 saturated heterocycles. The Bertz CT molecular complexity index is 250. The Balaban J connectivity index is 4.61. The molecule has 66 valence electrons. The fourth-order valence-electron chi connectivity index (χ4n) is 0.587. The Morgan fingerprint density at radius 3 is 2.08 bits per heavy atom. The highest BCUT2D eigenvalue weighted by Gasteiger charge is 2.07. The Hall–Kier alpha value is -1.58. The summed E-state index contributed by atoms with van der Waals surface area (Å²) in [5.74, 6) is -2.32. The van der Waals surface area contributed by atoms with E-state index in [0.717, 1.165) is 6.08 Å². The predicted molar refractivity (Wildman–Crippen MR) is 42.8 cm³/mol. The van der Waals surface area contributed by atoms with Gasteiger partial charge in [-0.2, -0.15) is 0 Å². The van der Waals surface area contributed by atoms with Gasteiger partial charge in [0.05, 0.1) is 5.57 Å². The maximum absolute atomic E-state index is 10.4. The molecule has 0 aliphatic carbocycles. The van der Waals surface area contributed by atoms with Gasteiger partial charge >= 0.3 is 11.9 Å². The number of carbonyl (C=O) groups is 2. The summed E-state index contributed by atoms with van der Waals surface area (Å²) in [5.41, 5.74) is -0.170. The summed E-state index contributed by atoms with van der Waals surface area (Å²) in [6.45, 7) is 4.82. The number of rotatable bonds is 4. The second-order valence-corrected chi connectivity index (χ2v) is 2.16. The highest BCUT2D eigenvalue weighted by Crippen LogP contribution is 2.05. The molecule has 0 fully saturated rings. The molecule has 0 saturated carbocycles. The Kier molecular flexibility index (Phi) is 3.76. The third kappa shape index (κ3) is 3.01. The molecule has 2 N–H and O–H groups in total. The quantitative estimate of drug-likeness (QED) is 0.488. The van der Waals surface area contributed by atoms with Gasteiger partial charge in [-0.25, -0.2) is 9.59 Å². The lowest BCUT2D eigenvalue weighted by molar-refractivity contribution is -0.132. The minimum atomic E-state index is -1.21. The van der Waals surface area contributed by atoms with Crippen LogP contribution in [0.5, 0.6) is 0 Å². The van der Waals surface area contributed by atoms with Crippen molar-refractivity contribution < 1.29 is 19.8 Å². The maximum atomic E-state index is 10.4. The third-order valence-corrected chi connectivity index (χ3v) is 1.28. The van der Waals surface area contributed by atoms with E-state index in [1.165, 1.54) is 0 Å². The van der Waals surface area contributed by atoms with Crippen LogP contribution in [0.3, 0.4) is 0 Å². The molecule has 0 aliphatic rings.